The second-order valence-corrected chi connectivity index (χ2v) is 6.55. The molecule has 1 aliphatic heterocycles. The summed E-state index contributed by atoms with van der Waals surface area (Å²) in [4.78, 5) is 14.4. The van der Waals surface area contributed by atoms with Crippen LogP contribution in [0.25, 0.3) is 0 Å². The number of piperidine rings is 1. The van der Waals surface area contributed by atoms with Gasteiger partial charge in [-0.05, 0) is 38.2 Å². The minimum Gasteiger partial charge on any atom is -0.388 e. The Bertz CT molecular complexity index is 668. The largest absolute Gasteiger partial charge is 0.388 e. The first-order chi connectivity index (χ1) is 11.6. The van der Waals surface area contributed by atoms with Gasteiger partial charge < -0.3 is 14.5 Å². The Morgan fingerprint density at radius 3 is 2.54 bits per heavy atom. The third-order valence-corrected chi connectivity index (χ3v) is 4.99. The lowest BCUT2D eigenvalue weighted by atomic mass is 9.87. The SMILES string of the molecule is Cc1noc(C)c1CC(=O)N1CCC([C@H](O)c2ccccc2)CC1. The molecular weight excluding hydrogens is 304 g/mol. The first kappa shape index (κ1) is 16.7. The minimum atomic E-state index is -0.453. The molecule has 0 radical (unpaired) electrons. The predicted molar refractivity (Wildman–Crippen MR) is 90.4 cm³/mol. The molecule has 0 bridgehead atoms. The van der Waals surface area contributed by atoms with Crippen LogP contribution in [0.2, 0.25) is 0 Å². The standard InChI is InChI=1S/C19H24N2O3/c1-13-17(14(2)24-20-13)12-18(22)21-10-8-16(9-11-21)19(23)15-6-4-3-5-7-15/h3-7,16,19,23H,8-12H2,1-2H3/t19-/m1/s1. The fourth-order valence-electron chi connectivity index (χ4n) is 3.40. The first-order valence-corrected chi connectivity index (χ1v) is 8.48. The van der Waals surface area contributed by atoms with Gasteiger partial charge in [0.25, 0.3) is 0 Å². The molecule has 1 aromatic heterocycles. The van der Waals surface area contributed by atoms with E-state index in [1.165, 1.54) is 0 Å². The molecule has 1 amide bonds. The second kappa shape index (κ2) is 7.18. The minimum absolute atomic E-state index is 0.108. The van der Waals surface area contributed by atoms with Crippen LogP contribution in [0.4, 0.5) is 0 Å². The van der Waals surface area contributed by atoms with Crippen molar-refractivity contribution in [2.45, 2.75) is 39.2 Å². The zero-order valence-corrected chi connectivity index (χ0v) is 14.2. The molecule has 3 rings (SSSR count). The van der Waals surface area contributed by atoms with E-state index in [4.69, 9.17) is 4.52 Å². The number of aliphatic hydroxyl groups is 1. The highest BCUT2D eigenvalue weighted by atomic mass is 16.5. The molecule has 1 aromatic carbocycles. The molecule has 0 spiro atoms. The summed E-state index contributed by atoms with van der Waals surface area (Å²) in [7, 11) is 0. The molecule has 0 unspecified atom stereocenters. The van der Waals surface area contributed by atoms with Gasteiger partial charge in [-0.25, -0.2) is 0 Å². The van der Waals surface area contributed by atoms with Gasteiger partial charge >= 0.3 is 0 Å². The van der Waals surface area contributed by atoms with Gasteiger partial charge in [-0.15, -0.1) is 0 Å². The number of aliphatic hydroxyl groups excluding tert-OH is 1. The number of hydrogen-bond acceptors (Lipinski definition) is 4. The van der Waals surface area contributed by atoms with E-state index in [0.717, 1.165) is 35.4 Å². The summed E-state index contributed by atoms with van der Waals surface area (Å²) in [6, 6.07) is 9.76. The molecule has 1 aliphatic rings. The molecule has 5 heteroatoms. The number of rotatable bonds is 4. The van der Waals surface area contributed by atoms with E-state index in [1.54, 1.807) is 0 Å². The number of amides is 1. The lowest BCUT2D eigenvalue weighted by molar-refractivity contribution is -0.132. The van der Waals surface area contributed by atoms with Crippen LogP contribution < -0.4 is 0 Å². The maximum Gasteiger partial charge on any atom is 0.227 e. The maximum absolute atomic E-state index is 12.5. The van der Waals surface area contributed by atoms with Crippen molar-refractivity contribution in [3.8, 4) is 0 Å². The van der Waals surface area contributed by atoms with Crippen LogP contribution in [0.3, 0.4) is 0 Å². The molecule has 128 valence electrons. The van der Waals surface area contributed by atoms with Crippen LogP contribution in [0.1, 0.15) is 41.5 Å². The topological polar surface area (TPSA) is 66.6 Å². The first-order valence-electron chi connectivity index (χ1n) is 8.48. The van der Waals surface area contributed by atoms with Gasteiger partial charge in [0.15, 0.2) is 0 Å². The van der Waals surface area contributed by atoms with Crippen molar-refractivity contribution in [1.82, 2.24) is 10.1 Å². The van der Waals surface area contributed by atoms with Crippen molar-refractivity contribution in [1.29, 1.82) is 0 Å². The molecule has 1 N–H and O–H groups in total. The van der Waals surface area contributed by atoms with Gasteiger partial charge in [0.2, 0.25) is 5.91 Å². The average Bonchev–Trinajstić information content (AvgIpc) is 2.94. The van der Waals surface area contributed by atoms with E-state index in [0.29, 0.717) is 19.5 Å². The van der Waals surface area contributed by atoms with Crippen LogP contribution in [-0.2, 0) is 11.2 Å². The second-order valence-electron chi connectivity index (χ2n) is 6.55. The number of benzene rings is 1. The van der Waals surface area contributed by atoms with Crippen molar-refractivity contribution in [2.75, 3.05) is 13.1 Å². The Morgan fingerprint density at radius 2 is 1.96 bits per heavy atom. The van der Waals surface area contributed by atoms with Crippen molar-refractivity contribution in [3.05, 3.63) is 52.9 Å². The number of nitrogens with zero attached hydrogens (tertiary/aromatic N) is 2. The number of aromatic nitrogens is 1. The molecule has 2 aromatic rings. The van der Waals surface area contributed by atoms with E-state index in [-0.39, 0.29) is 11.8 Å². The number of aryl methyl sites for hydroxylation is 2. The molecule has 0 aliphatic carbocycles. The van der Waals surface area contributed by atoms with E-state index >= 15 is 0 Å². The van der Waals surface area contributed by atoms with Gasteiger partial charge in [-0.3, -0.25) is 4.79 Å². The van der Waals surface area contributed by atoms with Crippen molar-refractivity contribution in [2.24, 2.45) is 5.92 Å². The van der Waals surface area contributed by atoms with E-state index in [2.05, 4.69) is 5.16 Å². The Balaban J connectivity index is 1.56. The summed E-state index contributed by atoms with van der Waals surface area (Å²) in [5, 5.41) is 14.4. The Kier molecular flexibility index (Phi) is 5.00. The van der Waals surface area contributed by atoms with Crippen LogP contribution >= 0.6 is 0 Å². The third kappa shape index (κ3) is 3.51. The number of hydrogen-bond donors (Lipinski definition) is 1. The summed E-state index contributed by atoms with van der Waals surface area (Å²) < 4.78 is 5.13. The van der Waals surface area contributed by atoms with Crippen LogP contribution in [0.5, 0.6) is 0 Å². The van der Waals surface area contributed by atoms with Gasteiger partial charge in [0.1, 0.15) is 5.76 Å². The molecule has 2 heterocycles. The van der Waals surface area contributed by atoms with Crippen molar-refractivity contribution >= 4 is 5.91 Å². The predicted octanol–water partition coefficient (Wildman–Crippen LogP) is 2.81. The summed E-state index contributed by atoms with van der Waals surface area (Å²) in [6.07, 6.45) is 1.53. The fraction of sp³-hybridized carbons (Fsp3) is 0.474. The average molecular weight is 328 g/mol. The van der Waals surface area contributed by atoms with E-state index in [1.807, 2.05) is 49.1 Å². The van der Waals surface area contributed by atoms with Crippen LogP contribution in [0.15, 0.2) is 34.9 Å². The molecule has 1 fully saturated rings. The van der Waals surface area contributed by atoms with Gasteiger partial charge in [-0.1, -0.05) is 35.5 Å². The Morgan fingerprint density at radius 1 is 1.29 bits per heavy atom. The number of carbonyl (C=O) groups is 1. The quantitative estimate of drug-likeness (QED) is 0.937. The van der Waals surface area contributed by atoms with Gasteiger partial charge in [-0.2, -0.15) is 0 Å². The third-order valence-electron chi connectivity index (χ3n) is 4.99. The monoisotopic (exact) mass is 328 g/mol. The van der Waals surface area contributed by atoms with Crippen molar-refractivity contribution < 1.29 is 14.4 Å². The summed E-state index contributed by atoms with van der Waals surface area (Å²) in [5.74, 6) is 1.03. The van der Waals surface area contributed by atoms with Crippen LogP contribution in [-0.4, -0.2) is 34.2 Å². The number of carbonyl (C=O) groups excluding carboxylic acids is 1. The highest BCUT2D eigenvalue weighted by molar-refractivity contribution is 5.79. The summed E-state index contributed by atoms with van der Waals surface area (Å²) in [6.45, 7) is 5.08. The molecule has 24 heavy (non-hydrogen) atoms. The zero-order valence-electron chi connectivity index (χ0n) is 14.2. The lowest BCUT2D eigenvalue weighted by Crippen LogP contribution is -2.40. The number of likely N-dealkylation sites (tertiary alicyclic amines) is 1. The molecule has 0 saturated carbocycles. The van der Waals surface area contributed by atoms with E-state index in [9.17, 15) is 9.90 Å². The molecule has 5 nitrogen and oxygen atoms in total. The summed E-state index contributed by atoms with van der Waals surface area (Å²) in [5.41, 5.74) is 2.64. The van der Waals surface area contributed by atoms with Gasteiger partial charge in [0, 0.05) is 18.7 Å². The highest BCUT2D eigenvalue weighted by Gasteiger charge is 2.28. The zero-order chi connectivity index (χ0) is 17.1. The summed E-state index contributed by atoms with van der Waals surface area (Å²) >= 11 is 0. The van der Waals surface area contributed by atoms with Crippen LogP contribution in [0, 0.1) is 19.8 Å². The maximum atomic E-state index is 12.5. The normalized spacial score (nSPS) is 17.0. The highest BCUT2D eigenvalue weighted by Crippen LogP contribution is 2.30. The fourth-order valence-corrected chi connectivity index (χ4v) is 3.40. The smallest absolute Gasteiger partial charge is 0.227 e. The Labute approximate surface area is 142 Å². The Hall–Kier alpha value is -2.14. The lowest BCUT2D eigenvalue weighted by Gasteiger charge is -2.34. The van der Waals surface area contributed by atoms with Gasteiger partial charge in [0.05, 0.1) is 18.2 Å². The molecule has 1 saturated heterocycles. The molecular formula is C19H24N2O3. The van der Waals surface area contributed by atoms with E-state index < -0.39 is 6.10 Å². The van der Waals surface area contributed by atoms with Crippen molar-refractivity contribution in [3.63, 3.8) is 0 Å². The molecule has 1 atom stereocenters.